The Labute approximate surface area is 176 Å². The van der Waals surface area contributed by atoms with Crippen LogP contribution in [0.3, 0.4) is 0 Å². The number of nitrogens with zero attached hydrogens (tertiary/aromatic N) is 1. The van der Waals surface area contributed by atoms with E-state index in [1.54, 1.807) is 18.2 Å². The van der Waals surface area contributed by atoms with Gasteiger partial charge in [-0.15, -0.1) is 0 Å². The van der Waals surface area contributed by atoms with Gasteiger partial charge in [-0.2, -0.15) is 5.10 Å². The zero-order valence-electron chi connectivity index (χ0n) is 14.2. The van der Waals surface area contributed by atoms with Gasteiger partial charge >= 0.3 is 5.91 Å². The Balaban J connectivity index is 1.78. The van der Waals surface area contributed by atoms with Crippen LogP contribution >= 0.6 is 43.5 Å². The number of furan rings is 1. The van der Waals surface area contributed by atoms with Gasteiger partial charge in [0.05, 0.1) is 29.9 Å². The van der Waals surface area contributed by atoms with Crippen LogP contribution in [0.2, 0.25) is 5.02 Å². The number of hydrazone groups is 1. The molecule has 9 heteroatoms. The molecule has 6 nitrogen and oxygen atoms in total. The SMILES string of the molecule is COc1cc(/C=N\NC(=O)c2cc3cc(Br)cc(Br)c3o2)cc(Cl)c1OC. The maximum Gasteiger partial charge on any atom is 0.307 e. The van der Waals surface area contributed by atoms with Gasteiger partial charge in [0.15, 0.2) is 17.3 Å². The fourth-order valence-electron chi connectivity index (χ4n) is 2.42. The van der Waals surface area contributed by atoms with Crippen molar-refractivity contribution in [3.63, 3.8) is 0 Å². The van der Waals surface area contributed by atoms with E-state index in [2.05, 4.69) is 42.4 Å². The van der Waals surface area contributed by atoms with Crippen molar-refractivity contribution >= 4 is 66.6 Å². The predicted molar refractivity (Wildman–Crippen MR) is 111 cm³/mol. The molecule has 1 amide bonds. The molecule has 1 N–H and O–H groups in total. The average molecular weight is 517 g/mol. The number of hydrogen-bond acceptors (Lipinski definition) is 5. The summed E-state index contributed by atoms with van der Waals surface area (Å²) in [4.78, 5) is 12.3. The van der Waals surface area contributed by atoms with Crippen molar-refractivity contribution in [3.05, 3.63) is 55.6 Å². The molecule has 0 aliphatic heterocycles. The Bertz CT molecular complexity index is 1050. The van der Waals surface area contributed by atoms with E-state index in [0.717, 1.165) is 14.3 Å². The number of ether oxygens (including phenoxy) is 2. The van der Waals surface area contributed by atoms with Crippen LogP contribution in [0.4, 0.5) is 0 Å². The summed E-state index contributed by atoms with van der Waals surface area (Å²) in [5.41, 5.74) is 3.64. The van der Waals surface area contributed by atoms with Crippen LogP contribution in [0.5, 0.6) is 11.5 Å². The molecule has 0 aliphatic rings. The fourth-order valence-corrected chi connectivity index (χ4v) is 4.06. The Hall–Kier alpha value is -2.03. The monoisotopic (exact) mass is 514 g/mol. The molecule has 0 spiro atoms. The van der Waals surface area contributed by atoms with Crippen LogP contribution in [0.15, 0.2) is 48.8 Å². The van der Waals surface area contributed by atoms with Crippen LogP contribution in [0, 0.1) is 0 Å². The van der Waals surface area contributed by atoms with E-state index in [4.69, 9.17) is 25.5 Å². The fraction of sp³-hybridized carbons (Fsp3) is 0.111. The van der Waals surface area contributed by atoms with Gasteiger partial charge in [0, 0.05) is 9.86 Å². The molecule has 1 heterocycles. The number of benzene rings is 2. The topological polar surface area (TPSA) is 73.1 Å². The number of nitrogens with one attached hydrogen (secondary N) is 1. The highest BCUT2D eigenvalue weighted by Gasteiger charge is 2.14. The van der Waals surface area contributed by atoms with Crippen molar-refractivity contribution in [1.29, 1.82) is 0 Å². The van der Waals surface area contributed by atoms with Gasteiger partial charge in [-0.1, -0.05) is 27.5 Å². The van der Waals surface area contributed by atoms with Crippen molar-refractivity contribution in [3.8, 4) is 11.5 Å². The largest absolute Gasteiger partial charge is 0.493 e. The van der Waals surface area contributed by atoms with Gasteiger partial charge in [-0.3, -0.25) is 4.79 Å². The number of fused-ring (bicyclic) bond motifs is 1. The third kappa shape index (κ3) is 4.28. The maximum absolute atomic E-state index is 12.3. The summed E-state index contributed by atoms with van der Waals surface area (Å²) < 4.78 is 17.6. The minimum Gasteiger partial charge on any atom is -0.493 e. The second-order valence-electron chi connectivity index (χ2n) is 5.35. The Morgan fingerprint density at radius 1 is 1.19 bits per heavy atom. The summed E-state index contributed by atoms with van der Waals surface area (Å²) in [6.45, 7) is 0. The molecule has 0 saturated heterocycles. The summed E-state index contributed by atoms with van der Waals surface area (Å²) in [5.74, 6) is 0.563. The normalized spacial score (nSPS) is 11.1. The smallest absolute Gasteiger partial charge is 0.307 e. The van der Waals surface area contributed by atoms with E-state index in [1.807, 2.05) is 12.1 Å². The minimum atomic E-state index is -0.475. The van der Waals surface area contributed by atoms with Gasteiger partial charge < -0.3 is 13.9 Å². The highest BCUT2D eigenvalue weighted by atomic mass is 79.9. The van der Waals surface area contributed by atoms with E-state index < -0.39 is 5.91 Å². The second kappa shape index (κ2) is 8.33. The molecule has 2 aromatic carbocycles. The molecule has 27 heavy (non-hydrogen) atoms. The van der Waals surface area contributed by atoms with E-state index in [-0.39, 0.29) is 5.76 Å². The highest BCUT2D eigenvalue weighted by Crippen LogP contribution is 2.35. The van der Waals surface area contributed by atoms with Crippen LogP contribution in [-0.4, -0.2) is 26.3 Å². The molecule has 0 saturated carbocycles. The van der Waals surface area contributed by atoms with Crippen molar-refractivity contribution in [2.45, 2.75) is 0 Å². The molecule has 0 fully saturated rings. The molecule has 0 aliphatic carbocycles. The quantitative estimate of drug-likeness (QED) is 0.365. The molecule has 3 rings (SSSR count). The molecule has 0 unspecified atom stereocenters. The van der Waals surface area contributed by atoms with Gasteiger partial charge in [0.25, 0.3) is 0 Å². The standard InChI is InChI=1S/C18H13Br2ClN2O4/c1-25-14-4-9(3-13(21)17(14)26-2)8-22-23-18(24)15-6-10-5-11(19)7-12(20)16(10)27-15/h3-8H,1-2H3,(H,23,24)/b22-8-. The lowest BCUT2D eigenvalue weighted by molar-refractivity contribution is 0.0929. The van der Waals surface area contributed by atoms with Crippen LogP contribution in [-0.2, 0) is 0 Å². The number of carbonyl (C=O) groups excluding carboxylic acids is 1. The number of rotatable bonds is 5. The Morgan fingerprint density at radius 3 is 2.67 bits per heavy atom. The van der Waals surface area contributed by atoms with E-state index >= 15 is 0 Å². The first-order chi connectivity index (χ1) is 12.9. The summed E-state index contributed by atoms with van der Waals surface area (Å²) in [5, 5.41) is 5.10. The van der Waals surface area contributed by atoms with Crippen LogP contribution in [0.25, 0.3) is 11.0 Å². The maximum atomic E-state index is 12.3. The molecule has 1 aromatic heterocycles. The highest BCUT2D eigenvalue weighted by molar-refractivity contribution is 9.11. The zero-order valence-corrected chi connectivity index (χ0v) is 18.1. The zero-order chi connectivity index (χ0) is 19.6. The van der Waals surface area contributed by atoms with Gasteiger partial charge in [0.1, 0.15) is 5.58 Å². The number of amides is 1. The van der Waals surface area contributed by atoms with E-state index in [1.165, 1.54) is 20.4 Å². The molecule has 0 bridgehead atoms. The first-order valence-corrected chi connectivity index (χ1v) is 9.53. The lowest BCUT2D eigenvalue weighted by atomic mass is 10.2. The Kier molecular flexibility index (Phi) is 6.08. The van der Waals surface area contributed by atoms with Crippen molar-refractivity contribution < 1.29 is 18.7 Å². The van der Waals surface area contributed by atoms with Crippen molar-refractivity contribution in [2.24, 2.45) is 5.10 Å². The first-order valence-electron chi connectivity index (χ1n) is 7.56. The molecule has 3 aromatic rings. The van der Waals surface area contributed by atoms with Crippen LogP contribution < -0.4 is 14.9 Å². The lowest BCUT2D eigenvalue weighted by Crippen LogP contribution is -2.16. The van der Waals surface area contributed by atoms with E-state index in [9.17, 15) is 4.79 Å². The summed E-state index contributed by atoms with van der Waals surface area (Å²) in [7, 11) is 3.01. The van der Waals surface area contributed by atoms with Crippen LogP contribution in [0.1, 0.15) is 16.1 Å². The second-order valence-corrected chi connectivity index (χ2v) is 7.53. The van der Waals surface area contributed by atoms with Gasteiger partial charge in [-0.25, -0.2) is 5.43 Å². The number of halogens is 3. The third-order valence-electron chi connectivity index (χ3n) is 3.60. The number of hydrogen-bond donors (Lipinski definition) is 1. The first kappa shape index (κ1) is 19.7. The van der Waals surface area contributed by atoms with Gasteiger partial charge in [0.2, 0.25) is 0 Å². The molecular formula is C18H13Br2ClN2O4. The van der Waals surface area contributed by atoms with Gasteiger partial charge in [-0.05, 0) is 51.8 Å². The number of methoxy groups -OCH3 is 2. The summed E-state index contributed by atoms with van der Waals surface area (Å²) in [6.07, 6.45) is 1.45. The van der Waals surface area contributed by atoms with E-state index in [0.29, 0.717) is 27.7 Å². The molecule has 0 atom stereocenters. The molecule has 0 radical (unpaired) electrons. The average Bonchev–Trinajstić information content (AvgIpc) is 3.05. The van der Waals surface area contributed by atoms with Crippen molar-refractivity contribution in [1.82, 2.24) is 5.43 Å². The third-order valence-corrected chi connectivity index (χ3v) is 4.92. The summed E-state index contributed by atoms with van der Waals surface area (Å²) >= 11 is 13.0. The number of carbonyl (C=O) groups is 1. The summed E-state index contributed by atoms with van der Waals surface area (Å²) in [6, 6.07) is 8.68. The minimum absolute atomic E-state index is 0.145. The molecular weight excluding hydrogens is 503 g/mol. The predicted octanol–water partition coefficient (Wildman–Crippen LogP) is 5.39. The van der Waals surface area contributed by atoms with Crippen molar-refractivity contribution in [2.75, 3.05) is 14.2 Å². The Morgan fingerprint density at radius 2 is 1.96 bits per heavy atom. The molecule has 140 valence electrons. The lowest BCUT2D eigenvalue weighted by Gasteiger charge is -2.09.